The third-order valence-corrected chi connectivity index (χ3v) is 7.66. The van der Waals surface area contributed by atoms with E-state index < -0.39 is 10.0 Å². The van der Waals surface area contributed by atoms with Gasteiger partial charge >= 0.3 is 0 Å². The fraction of sp³-hybridized carbons (Fsp3) is 0.227. The lowest BCUT2D eigenvalue weighted by Crippen LogP contribution is -2.32. The van der Waals surface area contributed by atoms with Crippen molar-refractivity contribution in [2.75, 3.05) is 11.4 Å². The van der Waals surface area contributed by atoms with E-state index in [1.807, 2.05) is 28.5 Å². The number of sulfonamides is 1. The first-order valence-electron chi connectivity index (χ1n) is 9.44. The molecule has 29 heavy (non-hydrogen) atoms. The summed E-state index contributed by atoms with van der Waals surface area (Å²) < 4.78 is 27.4. The summed E-state index contributed by atoms with van der Waals surface area (Å²) in [7, 11) is -2.24. The average Bonchev–Trinajstić information content (AvgIpc) is 3.47. The van der Waals surface area contributed by atoms with E-state index in [0.717, 1.165) is 17.7 Å². The number of hydrogen-bond acceptors (Lipinski definition) is 4. The van der Waals surface area contributed by atoms with Crippen molar-refractivity contribution in [2.45, 2.75) is 30.3 Å². The van der Waals surface area contributed by atoms with Crippen molar-refractivity contribution < 1.29 is 13.2 Å². The highest BCUT2D eigenvalue weighted by Crippen LogP contribution is 2.31. The van der Waals surface area contributed by atoms with Crippen LogP contribution >= 0.6 is 11.3 Å². The monoisotopic (exact) mass is 426 g/mol. The highest BCUT2D eigenvalue weighted by atomic mass is 32.2. The van der Waals surface area contributed by atoms with E-state index in [2.05, 4.69) is 0 Å². The molecule has 3 aromatic rings. The van der Waals surface area contributed by atoms with Gasteiger partial charge in [-0.15, -0.1) is 11.3 Å². The maximum atomic E-state index is 13.2. The van der Waals surface area contributed by atoms with Crippen LogP contribution in [0.3, 0.4) is 0 Å². The maximum Gasteiger partial charge on any atom is 0.264 e. The molecule has 2 aromatic carbocycles. The second-order valence-electron chi connectivity index (χ2n) is 7.08. The Morgan fingerprint density at radius 2 is 1.79 bits per heavy atom. The molecule has 0 N–H and O–H groups in total. The fourth-order valence-corrected chi connectivity index (χ4v) is 5.16. The molecular weight excluding hydrogens is 404 g/mol. The maximum absolute atomic E-state index is 13.2. The second kappa shape index (κ2) is 8.00. The average molecular weight is 427 g/mol. The third-order valence-electron chi connectivity index (χ3n) is 5.01. The Kier molecular flexibility index (Phi) is 5.43. The molecule has 0 unspecified atom stereocenters. The molecule has 5 nitrogen and oxygen atoms in total. The lowest BCUT2D eigenvalue weighted by molar-refractivity contribution is 0.0731. The zero-order valence-electron chi connectivity index (χ0n) is 16.1. The second-order valence-corrected chi connectivity index (χ2v) is 10.1. The lowest BCUT2D eigenvalue weighted by Gasteiger charge is -2.23. The number of benzene rings is 2. The number of carbonyl (C=O) groups excluding carboxylic acids is 1. The van der Waals surface area contributed by atoms with Crippen molar-refractivity contribution in [1.82, 2.24) is 4.90 Å². The van der Waals surface area contributed by atoms with Crippen molar-refractivity contribution >= 4 is 33.0 Å². The van der Waals surface area contributed by atoms with Crippen molar-refractivity contribution in [3.05, 3.63) is 82.6 Å². The predicted octanol–water partition coefficient (Wildman–Crippen LogP) is 4.38. The molecule has 0 radical (unpaired) electrons. The van der Waals surface area contributed by atoms with E-state index in [0.29, 0.717) is 17.8 Å². The highest BCUT2D eigenvalue weighted by molar-refractivity contribution is 7.92. The van der Waals surface area contributed by atoms with Crippen LogP contribution in [0.5, 0.6) is 0 Å². The van der Waals surface area contributed by atoms with Crippen molar-refractivity contribution in [1.29, 1.82) is 0 Å². The molecule has 0 atom stereocenters. The summed E-state index contributed by atoms with van der Waals surface area (Å²) in [5, 5.41) is 2.00. The molecular formula is C22H22N2O3S2. The Hall–Kier alpha value is -2.64. The summed E-state index contributed by atoms with van der Waals surface area (Å²) in [5.41, 5.74) is 0.970. The molecule has 1 aromatic heterocycles. The van der Waals surface area contributed by atoms with Crippen molar-refractivity contribution in [3.63, 3.8) is 0 Å². The number of carbonyl (C=O) groups is 1. The smallest absolute Gasteiger partial charge is 0.264 e. The van der Waals surface area contributed by atoms with Gasteiger partial charge in [0.2, 0.25) is 0 Å². The summed E-state index contributed by atoms with van der Waals surface area (Å²) in [6.07, 6.45) is 1.98. The molecule has 1 aliphatic carbocycles. The Labute approximate surface area is 175 Å². The highest BCUT2D eigenvalue weighted by Gasteiger charge is 2.33. The number of hydrogen-bond donors (Lipinski definition) is 0. The first kappa shape index (κ1) is 19.7. The molecule has 0 spiro atoms. The standard InChI is InChI=1S/C22H22N2O3S2/c1-23(18-8-3-2-4-9-18)29(26,27)21-11-5-7-17(15-21)22(25)24(19-12-13-19)16-20-10-6-14-28-20/h2-11,14-15,19H,12-13,16H2,1H3. The molecule has 0 bridgehead atoms. The molecule has 1 amide bonds. The van der Waals surface area contributed by atoms with Crippen LogP contribution in [-0.4, -0.2) is 32.3 Å². The number of rotatable bonds is 7. The first-order chi connectivity index (χ1) is 14.0. The van der Waals surface area contributed by atoms with Gasteiger partial charge in [0.05, 0.1) is 17.1 Å². The fourth-order valence-electron chi connectivity index (χ4n) is 3.21. The number of amides is 1. The topological polar surface area (TPSA) is 57.7 Å². The van der Waals surface area contributed by atoms with Gasteiger partial charge in [0.25, 0.3) is 15.9 Å². The van der Waals surface area contributed by atoms with Crippen LogP contribution in [0.25, 0.3) is 0 Å². The molecule has 1 saturated carbocycles. The van der Waals surface area contributed by atoms with Crippen LogP contribution in [0.2, 0.25) is 0 Å². The van der Waals surface area contributed by atoms with Crippen LogP contribution in [0, 0.1) is 0 Å². The molecule has 1 aliphatic rings. The SMILES string of the molecule is CN(c1ccccc1)S(=O)(=O)c1cccc(C(=O)N(Cc2cccs2)C2CC2)c1. The minimum absolute atomic E-state index is 0.113. The molecule has 1 fully saturated rings. The van der Waals surface area contributed by atoms with Gasteiger partial charge in [0, 0.05) is 23.5 Å². The molecule has 0 saturated heterocycles. The Bertz CT molecular complexity index is 1090. The Morgan fingerprint density at radius 1 is 1.03 bits per heavy atom. The van der Waals surface area contributed by atoms with Gasteiger partial charge in [0.1, 0.15) is 0 Å². The van der Waals surface area contributed by atoms with Gasteiger partial charge in [-0.3, -0.25) is 9.10 Å². The zero-order valence-corrected chi connectivity index (χ0v) is 17.7. The zero-order chi connectivity index (χ0) is 20.4. The van der Waals surface area contributed by atoms with Crippen LogP contribution in [0.4, 0.5) is 5.69 Å². The summed E-state index contributed by atoms with van der Waals surface area (Å²) in [5.74, 6) is -0.125. The predicted molar refractivity (Wildman–Crippen MR) is 116 cm³/mol. The third kappa shape index (κ3) is 4.21. The lowest BCUT2D eigenvalue weighted by atomic mass is 10.2. The van der Waals surface area contributed by atoms with Crippen molar-refractivity contribution in [2.24, 2.45) is 0 Å². The molecule has 4 rings (SSSR count). The van der Waals surface area contributed by atoms with Gasteiger partial charge < -0.3 is 4.90 Å². The van der Waals surface area contributed by atoms with E-state index in [1.54, 1.807) is 47.7 Å². The largest absolute Gasteiger partial charge is 0.331 e. The molecule has 0 aliphatic heterocycles. The van der Waals surface area contributed by atoms with Crippen LogP contribution in [0.15, 0.2) is 77.0 Å². The normalized spacial score (nSPS) is 13.8. The number of thiophene rings is 1. The van der Waals surface area contributed by atoms with Gasteiger partial charge in [-0.1, -0.05) is 30.3 Å². The van der Waals surface area contributed by atoms with Crippen molar-refractivity contribution in [3.8, 4) is 0 Å². The number of para-hydroxylation sites is 1. The summed E-state index contributed by atoms with van der Waals surface area (Å²) >= 11 is 1.62. The number of anilines is 1. The Balaban J connectivity index is 1.61. The van der Waals surface area contributed by atoms with Gasteiger partial charge in [-0.05, 0) is 54.6 Å². The summed E-state index contributed by atoms with van der Waals surface area (Å²) in [6.45, 7) is 0.558. The van der Waals surface area contributed by atoms with E-state index >= 15 is 0 Å². The summed E-state index contributed by atoms with van der Waals surface area (Å²) in [6, 6.07) is 19.5. The van der Waals surface area contributed by atoms with Gasteiger partial charge in [-0.25, -0.2) is 8.42 Å². The van der Waals surface area contributed by atoms with E-state index in [9.17, 15) is 13.2 Å². The first-order valence-corrected chi connectivity index (χ1v) is 11.8. The quantitative estimate of drug-likeness (QED) is 0.563. The van der Waals surface area contributed by atoms with Crippen LogP contribution < -0.4 is 4.31 Å². The van der Waals surface area contributed by atoms with Crippen LogP contribution in [-0.2, 0) is 16.6 Å². The van der Waals surface area contributed by atoms with E-state index in [1.165, 1.54) is 23.5 Å². The molecule has 7 heteroatoms. The molecule has 150 valence electrons. The van der Waals surface area contributed by atoms with Crippen LogP contribution in [0.1, 0.15) is 28.1 Å². The minimum Gasteiger partial charge on any atom is -0.331 e. The molecule has 1 heterocycles. The van der Waals surface area contributed by atoms with E-state index in [4.69, 9.17) is 0 Å². The Morgan fingerprint density at radius 3 is 2.45 bits per heavy atom. The number of nitrogens with zero attached hydrogens (tertiary/aromatic N) is 2. The van der Waals surface area contributed by atoms with Gasteiger partial charge in [-0.2, -0.15) is 0 Å². The van der Waals surface area contributed by atoms with E-state index in [-0.39, 0.29) is 16.8 Å². The summed E-state index contributed by atoms with van der Waals surface area (Å²) in [4.78, 5) is 16.3. The van der Waals surface area contributed by atoms with Gasteiger partial charge in [0.15, 0.2) is 0 Å². The minimum atomic E-state index is -3.76.